The molecule has 0 bridgehead atoms. The molecule has 178 valence electrons. The summed E-state index contributed by atoms with van der Waals surface area (Å²) >= 11 is 0. The normalized spacial score (nSPS) is 29.8. The number of hydrogen-bond donors (Lipinski definition) is 0. The Morgan fingerprint density at radius 2 is 1.66 bits per heavy atom. The number of esters is 1. The van der Waals surface area contributed by atoms with Crippen molar-refractivity contribution < 1.29 is 13.9 Å². The van der Waals surface area contributed by atoms with E-state index in [0.29, 0.717) is 11.5 Å². The number of fused-ring (bicyclic) bond motifs is 2. The van der Waals surface area contributed by atoms with Crippen LogP contribution in [0.5, 0.6) is 0 Å². The van der Waals surface area contributed by atoms with Gasteiger partial charge in [-0.2, -0.15) is 0 Å². The van der Waals surface area contributed by atoms with Crippen LogP contribution in [0.1, 0.15) is 112 Å². The summed E-state index contributed by atoms with van der Waals surface area (Å²) < 4.78 is 19.6. The van der Waals surface area contributed by atoms with Crippen molar-refractivity contribution in [3.63, 3.8) is 0 Å². The average Bonchev–Trinajstić information content (AvgIpc) is 2.82. The van der Waals surface area contributed by atoms with Gasteiger partial charge in [-0.25, -0.2) is 9.18 Å². The number of rotatable bonds is 8. The maximum Gasteiger partial charge on any atom is 0.337 e. The Hall–Kier alpha value is -1.38. The van der Waals surface area contributed by atoms with E-state index >= 15 is 0 Å². The molecule has 3 heteroatoms. The lowest BCUT2D eigenvalue weighted by atomic mass is 9.60. The van der Waals surface area contributed by atoms with E-state index in [0.717, 1.165) is 54.1 Å². The first kappa shape index (κ1) is 23.8. The minimum absolute atomic E-state index is 0.208. The van der Waals surface area contributed by atoms with E-state index < -0.39 is 5.97 Å². The second kappa shape index (κ2) is 11.2. The van der Waals surface area contributed by atoms with E-state index in [1.54, 1.807) is 0 Å². The van der Waals surface area contributed by atoms with Crippen LogP contribution in [0.4, 0.5) is 4.39 Å². The lowest BCUT2D eigenvalue weighted by Crippen LogP contribution is -2.35. The summed E-state index contributed by atoms with van der Waals surface area (Å²) in [6.45, 7) is 2.29. The van der Waals surface area contributed by atoms with Crippen LogP contribution in [0.3, 0.4) is 0 Å². The topological polar surface area (TPSA) is 26.3 Å². The Kier molecular flexibility index (Phi) is 8.29. The number of ether oxygens (including phenoxy) is 1. The van der Waals surface area contributed by atoms with Crippen LogP contribution in [0.25, 0.3) is 0 Å². The van der Waals surface area contributed by atoms with Gasteiger partial charge in [0.15, 0.2) is 0 Å². The minimum atomic E-state index is -0.441. The van der Waals surface area contributed by atoms with Gasteiger partial charge in [0, 0.05) is 0 Å². The summed E-state index contributed by atoms with van der Waals surface area (Å²) in [6, 6.07) is 3.24. The van der Waals surface area contributed by atoms with Crippen molar-refractivity contribution >= 4 is 5.97 Å². The smallest absolute Gasteiger partial charge is 0.337 e. The van der Waals surface area contributed by atoms with Gasteiger partial charge in [0.25, 0.3) is 0 Å². The van der Waals surface area contributed by atoms with Crippen LogP contribution in [-0.2, 0) is 17.6 Å². The molecule has 0 aliphatic heterocycles. The van der Waals surface area contributed by atoms with Gasteiger partial charge in [-0.15, -0.1) is 0 Å². The van der Waals surface area contributed by atoms with Crippen LogP contribution in [-0.4, -0.2) is 13.1 Å². The molecular weight excluding hydrogens is 399 g/mol. The Balaban J connectivity index is 1.28. The molecular formula is C29H43FO2. The fourth-order valence-corrected chi connectivity index (χ4v) is 7.24. The maximum absolute atomic E-state index is 14.8. The van der Waals surface area contributed by atoms with Crippen LogP contribution >= 0.6 is 0 Å². The highest BCUT2D eigenvalue weighted by Crippen LogP contribution is 2.49. The summed E-state index contributed by atoms with van der Waals surface area (Å²) in [7, 11) is 1.35. The van der Waals surface area contributed by atoms with Gasteiger partial charge in [0.05, 0.1) is 12.7 Å². The molecule has 2 nitrogen and oxygen atoms in total. The molecule has 2 saturated carbocycles. The first-order valence-electron chi connectivity index (χ1n) is 13.5. The van der Waals surface area contributed by atoms with Gasteiger partial charge in [-0.3, -0.25) is 0 Å². The Morgan fingerprint density at radius 3 is 2.44 bits per heavy atom. The van der Waals surface area contributed by atoms with Crippen LogP contribution in [0.2, 0.25) is 0 Å². The molecule has 5 atom stereocenters. The number of halogens is 1. The van der Waals surface area contributed by atoms with E-state index in [-0.39, 0.29) is 5.82 Å². The Morgan fingerprint density at radius 1 is 0.938 bits per heavy atom. The predicted octanol–water partition coefficient (Wildman–Crippen LogP) is 7.91. The van der Waals surface area contributed by atoms with Gasteiger partial charge in [0.2, 0.25) is 0 Å². The number of methoxy groups -OCH3 is 1. The zero-order valence-electron chi connectivity index (χ0n) is 20.3. The monoisotopic (exact) mass is 442 g/mol. The highest BCUT2D eigenvalue weighted by atomic mass is 19.1. The van der Waals surface area contributed by atoms with Crippen molar-refractivity contribution in [1.82, 2.24) is 0 Å². The van der Waals surface area contributed by atoms with Crippen LogP contribution in [0.15, 0.2) is 12.1 Å². The van der Waals surface area contributed by atoms with Crippen molar-refractivity contribution in [3.05, 3.63) is 34.6 Å². The molecule has 4 rings (SSSR count). The summed E-state index contributed by atoms with van der Waals surface area (Å²) in [6.07, 6.45) is 19.8. The third-order valence-electron chi connectivity index (χ3n) is 9.10. The number of carbonyl (C=O) groups excluding carboxylic acids is 1. The molecule has 5 unspecified atom stereocenters. The molecule has 3 aliphatic rings. The summed E-state index contributed by atoms with van der Waals surface area (Å²) in [5, 5.41) is 0. The molecule has 32 heavy (non-hydrogen) atoms. The maximum atomic E-state index is 14.8. The van der Waals surface area contributed by atoms with Crippen molar-refractivity contribution in [2.24, 2.45) is 29.6 Å². The number of unbranched alkanes of at least 4 members (excludes halogenated alkanes) is 4. The molecule has 0 N–H and O–H groups in total. The highest BCUT2D eigenvalue weighted by Gasteiger charge is 2.39. The SMILES string of the molecule is CCCCCCCC1CCC2CC(C3CCc4cc(C(=O)OC)cc(F)c4C3)CCC2C1. The van der Waals surface area contributed by atoms with Crippen LogP contribution in [0, 0.1) is 35.4 Å². The van der Waals surface area contributed by atoms with E-state index in [2.05, 4.69) is 6.92 Å². The highest BCUT2D eigenvalue weighted by molar-refractivity contribution is 5.89. The van der Waals surface area contributed by atoms with Gasteiger partial charge in [-0.05, 0) is 104 Å². The van der Waals surface area contributed by atoms with Gasteiger partial charge in [-0.1, -0.05) is 51.9 Å². The third kappa shape index (κ3) is 5.57. The second-order valence-electron chi connectivity index (χ2n) is 11.1. The van der Waals surface area contributed by atoms with Crippen molar-refractivity contribution in [2.75, 3.05) is 7.11 Å². The molecule has 0 aromatic heterocycles. The van der Waals surface area contributed by atoms with Crippen molar-refractivity contribution in [3.8, 4) is 0 Å². The molecule has 0 amide bonds. The average molecular weight is 443 g/mol. The first-order valence-corrected chi connectivity index (χ1v) is 13.5. The largest absolute Gasteiger partial charge is 0.465 e. The molecule has 3 aliphatic carbocycles. The first-order chi connectivity index (χ1) is 15.6. The standard InChI is InChI=1S/C29H43FO2/c1-3-4-5-6-7-8-20-9-10-22-16-23(12-11-21(22)15-20)24-13-14-25-17-26(29(31)32-2)19-28(30)27(25)18-24/h17,19-24H,3-16,18H2,1-2H3. The van der Waals surface area contributed by atoms with E-state index in [1.165, 1.54) is 90.2 Å². The summed E-state index contributed by atoms with van der Waals surface area (Å²) in [5.41, 5.74) is 2.24. The lowest BCUT2D eigenvalue weighted by Gasteiger charge is -2.45. The molecule has 1 aromatic carbocycles. The quantitative estimate of drug-likeness (QED) is 0.302. The van der Waals surface area contributed by atoms with Gasteiger partial charge < -0.3 is 4.74 Å². The fourth-order valence-electron chi connectivity index (χ4n) is 7.24. The summed E-state index contributed by atoms with van der Waals surface area (Å²) in [5.74, 6) is 3.57. The predicted molar refractivity (Wildman–Crippen MR) is 128 cm³/mol. The number of hydrogen-bond acceptors (Lipinski definition) is 2. The molecule has 0 saturated heterocycles. The Labute approximate surface area is 194 Å². The molecule has 0 radical (unpaired) electrons. The second-order valence-corrected chi connectivity index (χ2v) is 11.1. The molecule has 0 heterocycles. The molecule has 0 spiro atoms. The third-order valence-corrected chi connectivity index (χ3v) is 9.10. The summed E-state index contributed by atoms with van der Waals surface area (Å²) in [4.78, 5) is 11.8. The zero-order chi connectivity index (χ0) is 22.5. The van der Waals surface area contributed by atoms with E-state index in [1.807, 2.05) is 6.07 Å². The zero-order valence-corrected chi connectivity index (χ0v) is 20.3. The van der Waals surface area contributed by atoms with E-state index in [9.17, 15) is 9.18 Å². The number of carbonyl (C=O) groups is 1. The number of benzene rings is 1. The van der Waals surface area contributed by atoms with Crippen LogP contribution < -0.4 is 0 Å². The van der Waals surface area contributed by atoms with Gasteiger partial charge >= 0.3 is 5.97 Å². The van der Waals surface area contributed by atoms with E-state index in [4.69, 9.17) is 4.74 Å². The van der Waals surface area contributed by atoms with Crippen molar-refractivity contribution in [1.29, 1.82) is 0 Å². The lowest BCUT2D eigenvalue weighted by molar-refractivity contribution is 0.0599. The minimum Gasteiger partial charge on any atom is -0.465 e. The van der Waals surface area contributed by atoms with Gasteiger partial charge in [0.1, 0.15) is 5.82 Å². The Bertz CT molecular complexity index is 773. The number of aryl methyl sites for hydroxylation is 1. The molecule has 2 fully saturated rings. The molecule has 1 aromatic rings. The fraction of sp³-hybridized carbons (Fsp3) is 0.759. The van der Waals surface area contributed by atoms with Crippen molar-refractivity contribution in [2.45, 2.75) is 103 Å².